The smallest absolute Gasteiger partial charge is 0.332 e. The molecule has 1 aliphatic rings. The molecule has 0 spiro atoms. The monoisotopic (exact) mass is 591 g/mol. The van der Waals surface area contributed by atoms with E-state index in [2.05, 4.69) is 20.6 Å². The molecule has 2 aromatic carbocycles. The molecule has 0 aliphatic carbocycles. The van der Waals surface area contributed by atoms with Crippen LogP contribution in [0.4, 0.5) is 0 Å². The normalized spacial score (nSPS) is 15.8. The fourth-order valence-corrected chi connectivity index (χ4v) is 5.83. The van der Waals surface area contributed by atoms with Crippen molar-refractivity contribution in [2.45, 2.75) is 44.3 Å². The van der Waals surface area contributed by atoms with Crippen LogP contribution in [0.15, 0.2) is 78.0 Å². The molecule has 1 saturated heterocycles. The zero-order valence-corrected chi connectivity index (χ0v) is 23.9. The Labute approximate surface area is 247 Å². The lowest BCUT2D eigenvalue weighted by molar-refractivity contribution is -0.141. The summed E-state index contributed by atoms with van der Waals surface area (Å²) in [6, 6.07) is 20.8. The second-order valence-corrected chi connectivity index (χ2v) is 11.0. The topological polar surface area (TPSA) is 163 Å². The van der Waals surface area contributed by atoms with Crippen LogP contribution in [0.5, 0.6) is 0 Å². The number of carbonyl (C=O) groups is 4. The number of benzene rings is 2. The number of oxime groups is 1. The Balaban J connectivity index is 1.52. The predicted molar refractivity (Wildman–Crippen MR) is 158 cm³/mol. The summed E-state index contributed by atoms with van der Waals surface area (Å²) in [7, 11) is 0. The summed E-state index contributed by atoms with van der Waals surface area (Å²) >= 11 is 1.29. The molecule has 1 aliphatic heterocycles. The van der Waals surface area contributed by atoms with Gasteiger partial charge in [0, 0.05) is 24.3 Å². The molecule has 1 fully saturated rings. The van der Waals surface area contributed by atoms with Crippen molar-refractivity contribution >= 4 is 40.9 Å². The Morgan fingerprint density at radius 2 is 1.69 bits per heavy atom. The maximum atomic E-state index is 14.2. The summed E-state index contributed by atoms with van der Waals surface area (Å²) in [6.45, 7) is 1.39. The second-order valence-electron chi connectivity index (χ2n) is 9.78. The van der Waals surface area contributed by atoms with E-state index in [0.29, 0.717) is 24.3 Å². The Kier molecular flexibility index (Phi) is 10.4. The summed E-state index contributed by atoms with van der Waals surface area (Å²) in [5, 5.41) is 18.9. The van der Waals surface area contributed by atoms with Crippen LogP contribution < -0.4 is 16.4 Å². The van der Waals surface area contributed by atoms with Crippen LogP contribution in [0, 0.1) is 0 Å². The van der Waals surface area contributed by atoms with Crippen LogP contribution in [0.25, 0.3) is 0 Å². The number of likely N-dealkylation sites (tertiary alicyclic amines) is 1. The van der Waals surface area contributed by atoms with Crippen molar-refractivity contribution < 1.29 is 29.1 Å². The lowest BCUT2D eigenvalue weighted by atomic mass is 9.84. The molecule has 2 atom stereocenters. The zero-order valence-electron chi connectivity index (χ0n) is 23.1. The van der Waals surface area contributed by atoms with Crippen molar-refractivity contribution in [2.24, 2.45) is 10.9 Å². The number of aliphatic carboxylic acids is 1. The highest BCUT2D eigenvalue weighted by molar-refractivity contribution is 7.14. The molecule has 0 saturated carbocycles. The van der Waals surface area contributed by atoms with Gasteiger partial charge in [0.2, 0.25) is 11.8 Å². The number of carbonyl (C=O) groups excluding carboxylic acids is 3. The third-order valence-corrected chi connectivity index (χ3v) is 7.96. The van der Waals surface area contributed by atoms with Crippen molar-refractivity contribution in [1.29, 1.82) is 0 Å². The van der Waals surface area contributed by atoms with Crippen molar-refractivity contribution in [1.82, 2.24) is 15.5 Å². The molecule has 4 rings (SSSR count). The highest BCUT2D eigenvalue weighted by Crippen LogP contribution is 2.31. The molecule has 2 heterocycles. The largest absolute Gasteiger partial charge is 0.480 e. The number of nitrogens with zero attached hydrogens (tertiary/aromatic N) is 2. The van der Waals surface area contributed by atoms with Crippen LogP contribution in [0.2, 0.25) is 0 Å². The van der Waals surface area contributed by atoms with E-state index in [0.717, 1.165) is 16.0 Å². The average Bonchev–Trinajstić information content (AvgIpc) is 3.68. The van der Waals surface area contributed by atoms with E-state index in [1.165, 1.54) is 18.3 Å². The van der Waals surface area contributed by atoms with Gasteiger partial charge < -0.3 is 25.9 Å². The SMILES string of the molecule is CC(=O)O/N=C(\N)c1ccc(CNC(=O)[C@@H]2CCCN2C(=O)[C@H](NCC(=O)O)C(c2ccccc2)c2ccccc2)s1. The number of hydrogen-bond acceptors (Lipinski definition) is 8. The molecule has 0 bridgehead atoms. The van der Waals surface area contributed by atoms with Gasteiger partial charge in [-0.25, -0.2) is 4.79 Å². The van der Waals surface area contributed by atoms with Gasteiger partial charge in [0.05, 0.1) is 24.0 Å². The van der Waals surface area contributed by atoms with Crippen molar-refractivity contribution in [3.63, 3.8) is 0 Å². The van der Waals surface area contributed by atoms with Gasteiger partial charge >= 0.3 is 11.9 Å². The van der Waals surface area contributed by atoms with Gasteiger partial charge in [-0.15, -0.1) is 11.3 Å². The van der Waals surface area contributed by atoms with Gasteiger partial charge in [0.25, 0.3) is 0 Å². The number of nitrogens with one attached hydrogen (secondary N) is 2. The molecular weight excluding hydrogens is 558 g/mol. The number of amidine groups is 1. The van der Waals surface area contributed by atoms with Gasteiger partial charge in [-0.3, -0.25) is 19.7 Å². The molecule has 5 N–H and O–H groups in total. The highest BCUT2D eigenvalue weighted by Gasteiger charge is 2.40. The standard InChI is InChI=1S/C30H33N5O6S/c1-19(36)41-34-28(31)24-15-14-22(42-24)17-33-29(39)23-13-8-16-35(23)30(40)27(32-18-25(37)38)26(20-9-4-2-5-10-20)21-11-6-3-7-12-21/h2-7,9-12,14-15,23,26-27,32H,8,13,16-18H2,1H3,(H2,31,34)(H,33,39)(H,37,38)/t23-,27+/m0/s1. The Morgan fingerprint density at radius 3 is 2.29 bits per heavy atom. The quantitative estimate of drug-likeness (QED) is 0.108. The van der Waals surface area contributed by atoms with E-state index in [4.69, 9.17) is 5.73 Å². The molecule has 1 aromatic heterocycles. The Bertz CT molecular complexity index is 1390. The lowest BCUT2D eigenvalue weighted by Crippen LogP contribution is -2.55. The molecule has 220 valence electrons. The molecule has 11 nitrogen and oxygen atoms in total. The second kappa shape index (κ2) is 14.4. The van der Waals surface area contributed by atoms with Gasteiger partial charge in [-0.1, -0.05) is 65.8 Å². The Hall–Kier alpha value is -4.55. The number of hydrogen-bond donors (Lipinski definition) is 4. The third-order valence-electron chi connectivity index (χ3n) is 6.85. The van der Waals surface area contributed by atoms with Crippen molar-refractivity contribution in [3.05, 3.63) is 93.7 Å². The summed E-state index contributed by atoms with van der Waals surface area (Å²) in [5.41, 5.74) is 7.56. The highest BCUT2D eigenvalue weighted by atomic mass is 32.1. The average molecular weight is 592 g/mol. The van der Waals surface area contributed by atoms with Gasteiger partial charge in [-0.05, 0) is 36.1 Å². The fourth-order valence-electron chi connectivity index (χ4n) is 4.99. The number of nitrogens with two attached hydrogens (primary N) is 1. The predicted octanol–water partition coefficient (Wildman–Crippen LogP) is 2.41. The van der Waals surface area contributed by atoms with Gasteiger partial charge in [0.15, 0.2) is 5.84 Å². The minimum Gasteiger partial charge on any atom is -0.480 e. The first-order valence-electron chi connectivity index (χ1n) is 13.5. The van der Waals surface area contributed by atoms with E-state index < -0.39 is 36.5 Å². The maximum Gasteiger partial charge on any atom is 0.332 e. The minimum absolute atomic E-state index is 0.0478. The molecule has 12 heteroatoms. The first-order valence-corrected chi connectivity index (χ1v) is 14.3. The van der Waals surface area contributed by atoms with Crippen LogP contribution in [0.3, 0.4) is 0 Å². The van der Waals surface area contributed by atoms with E-state index in [1.54, 1.807) is 17.0 Å². The number of carboxylic acid groups (broad SMARTS) is 1. The van der Waals surface area contributed by atoms with Gasteiger partial charge in [-0.2, -0.15) is 0 Å². The summed E-state index contributed by atoms with van der Waals surface area (Å²) in [4.78, 5) is 57.5. The molecule has 0 unspecified atom stereocenters. The van der Waals surface area contributed by atoms with Crippen LogP contribution in [-0.4, -0.2) is 64.8 Å². The van der Waals surface area contributed by atoms with E-state index in [-0.39, 0.29) is 24.2 Å². The maximum absolute atomic E-state index is 14.2. The van der Waals surface area contributed by atoms with E-state index in [1.807, 2.05) is 60.7 Å². The lowest BCUT2D eigenvalue weighted by Gasteiger charge is -2.33. The van der Waals surface area contributed by atoms with E-state index >= 15 is 0 Å². The first-order chi connectivity index (χ1) is 20.2. The number of thiophene rings is 1. The molecular formula is C30H33N5O6S. The Morgan fingerprint density at radius 1 is 1.05 bits per heavy atom. The van der Waals surface area contributed by atoms with Crippen LogP contribution in [-0.2, 0) is 30.6 Å². The zero-order chi connectivity index (χ0) is 30.1. The molecule has 42 heavy (non-hydrogen) atoms. The number of carboxylic acids is 1. The number of rotatable bonds is 12. The molecule has 3 aromatic rings. The van der Waals surface area contributed by atoms with Crippen LogP contribution >= 0.6 is 11.3 Å². The summed E-state index contributed by atoms with van der Waals surface area (Å²) in [5.74, 6) is -2.74. The summed E-state index contributed by atoms with van der Waals surface area (Å²) < 4.78 is 0. The van der Waals surface area contributed by atoms with Crippen LogP contribution in [0.1, 0.15) is 46.6 Å². The fraction of sp³-hybridized carbons (Fsp3) is 0.300. The first kappa shape index (κ1) is 30.4. The van der Waals surface area contributed by atoms with E-state index in [9.17, 15) is 24.3 Å². The minimum atomic E-state index is -1.09. The summed E-state index contributed by atoms with van der Waals surface area (Å²) in [6.07, 6.45) is 1.13. The van der Waals surface area contributed by atoms with Gasteiger partial charge in [0.1, 0.15) is 6.04 Å². The molecule has 0 radical (unpaired) electrons. The molecule has 2 amide bonds. The van der Waals surface area contributed by atoms with Crippen molar-refractivity contribution in [3.8, 4) is 0 Å². The van der Waals surface area contributed by atoms with Crippen molar-refractivity contribution in [2.75, 3.05) is 13.1 Å². The third kappa shape index (κ3) is 7.80. The number of amides is 2.